The summed E-state index contributed by atoms with van der Waals surface area (Å²) in [5, 5.41) is 0. The van der Waals surface area contributed by atoms with Gasteiger partial charge in [0.05, 0.1) is 0 Å². The van der Waals surface area contributed by atoms with E-state index in [4.69, 9.17) is 4.74 Å². The molecule has 0 aromatic rings. The van der Waals surface area contributed by atoms with Gasteiger partial charge in [-0.05, 0) is 80.6 Å². The smallest absolute Gasteiger partial charge is 0.305 e. The van der Waals surface area contributed by atoms with Gasteiger partial charge < -0.3 is 4.74 Å². The van der Waals surface area contributed by atoms with Crippen molar-refractivity contribution in [1.82, 2.24) is 0 Å². The lowest BCUT2D eigenvalue weighted by molar-refractivity contribution is -0.177. The SMILES string of the molecule is CCC(=O)O[C@@H]1CCC[C@H]2[C@H]3CCC4=CC(=O)CC[C@@]4(C)[C@@H]3CC[C@]12C. The molecule has 144 valence electrons. The van der Waals surface area contributed by atoms with Gasteiger partial charge in [-0.25, -0.2) is 0 Å². The zero-order valence-corrected chi connectivity index (χ0v) is 16.7. The summed E-state index contributed by atoms with van der Waals surface area (Å²) in [5.41, 5.74) is 1.81. The average molecular weight is 359 g/mol. The molecule has 0 unspecified atom stereocenters. The molecule has 6 atom stereocenters. The third kappa shape index (κ3) is 2.68. The van der Waals surface area contributed by atoms with Crippen molar-refractivity contribution >= 4 is 11.8 Å². The van der Waals surface area contributed by atoms with Gasteiger partial charge in [0.25, 0.3) is 0 Å². The van der Waals surface area contributed by atoms with Crippen molar-refractivity contribution in [3.05, 3.63) is 11.6 Å². The first-order chi connectivity index (χ1) is 12.4. The Morgan fingerprint density at radius 1 is 1.12 bits per heavy atom. The highest BCUT2D eigenvalue weighted by Crippen LogP contribution is 2.64. The van der Waals surface area contributed by atoms with Crippen LogP contribution in [0.25, 0.3) is 0 Å². The molecule has 3 heteroatoms. The number of allylic oxidation sites excluding steroid dienone is 2. The molecule has 0 spiro atoms. The predicted molar refractivity (Wildman–Crippen MR) is 101 cm³/mol. The molecule has 0 heterocycles. The minimum atomic E-state index is -0.0365. The average Bonchev–Trinajstić information content (AvgIpc) is 2.62. The molecule has 0 aromatic heterocycles. The number of esters is 1. The van der Waals surface area contributed by atoms with Crippen LogP contribution in [0.15, 0.2) is 11.6 Å². The molecule has 0 aliphatic heterocycles. The monoisotopic (exact) mass is 358 g/mol. The van der Waals surface area contributed by atoms with Gasteiger partial charge in [0.1, 0.15) is 6.10 Å². The molecule has 0 amide bonds. The van der Waals surface area contributed by atoms with Crippen molar-refractivity contribution in [2.24, 2.45) is 28.6 Å². The van der Waals surface area contributed by atoms with Crippen LogP contribution < -0.4 is 0 Å². The summed E-state index contributed by atoms with van der Waals surface area (Å²) in [6.45, 7) is 6.73. The number of rotatable bonds is 2. The zero-order chi connectivity index (χ0) is 18.5. The maximum atomic E-state index is 12.0. The zero-order valence-electron chi connectivity index (χ0n) is 16.7. The van der Waals surface area contributed by atoms with Gasteiger partial charge in [0, 0.05) is 18.3 Å². The van der Waals surface area contributed by atoms with Crippen molar-refractivity contribution in [3.63, 3.8) is 0 Å². The number of carbonyl (C=O) groups is 2. The summed E-state index contributed by atoms with van der Waals surface area (Å²) in [6.07, 6.45) is 12.5. The Morgan fingerprint density at radius 3 is 2.69 bits per heavy atom. The van der Waals surface area contributed by atoms with E-state index in [0.29, 0.717) is 24.0 Å². The molecular formula is C23H34O3. The van der Waals surface area contributed by atoms with Crippen LogP contribution in [0.2, 0.25) is 0 Å². The summed E-state index contributed by atoms with van der Waals surface area (Å²) in [7, 11) is 0. The predicted octanol–water partition coefficient (Wildman–Crippen LogP) is 5.23. The highest BCUT2D eigenvalue weighted by Gasteiger charge is 2.58. The van der Waals surface area contributed by atoms with Gasteiger partial charge in [0.15, 0.2) is 5.78 Å². The van der Waals surface area contributed by atoms with E-state index in [1.807, 2.05) is 13.0 Å². The van der Waals surface area contributed by atoms with Crippen LogP contribution in [0.4, 0.5) is 0 Å². The van der Waals surface area contributed by atoms with Crippen LogP contribution in [0.3, 0.4) is 0 Å². The van der Waals surface area contributed by atoms with Gasteiger partial charge in [0.2, 0.25) is 0 Å². The second kappa shape index (κ2) is 6.49. The Hall–Kier alpha value is -1.12. The van der Waals surface area contributed by atoms with Crippen LogP contribution >= 0.6 is 0 Å². The molecule has 0 radical (unpaired) electrons. The van der Waals surface area contributed by atoms with Gasteiger partial charge >= 0.3 is 5.97 Å². The Labute approximate surface area is 157 Å². The summed E-state index contributed by atoms with van der Waals surface area (Å²) in [6, 6.07) is 0. The number of hydrogen-bond donors (Lipinski definition) is 0. The van der Waals surface area contributed by atoms with Crippen LogP contribution in [0, 0.1) is 28.6 Å². The molecule has 0 N–H and O–H groups in total. The third-order valence-electron chi connectivity index (χ3n) is 8.68. The Morgan fingerprint density at radius 2 is 1.92 bits per heavy atom. The number of fused-ring (bicyclic) bond motifs is 5. The minimum Gasteiger partial charge on any atom is -0.462 e. The lowest BCUT2D eigenvalue weighted by Crippen LogP contribution is -2.56. The summed E-state index contributed by atoms with van der Waals surface area (Å²) in [5.74, 6) is 2.40. The van der Waals surface area contributed by atoms with E-state index in [9.17, 15) is 9.59 Å². The first-order valence-corrected chi connectivity index (χ1v) is 10.8. The van der Waals surface area contributed by atoms with Gasteiger partial charge in [-0.1, -0.05) is 26.3 Å². The fourth-order valence-corrected chi connectivity index (χ4v) is 7.14. The second-order valence-corrected chi connectivity index (χ2v) is 9.78. The van der Waals surface area contributed by atoms with Crippen molar-refractivity contribution in [3.8, 4) is 0 Å². The van der Waals surface area contributed by atoms with Crippen LogP contribution in [0.5, 0.6) is 0 Å². The van der Waals surface area contributed by atoms with E-state index in [1.54, 1.807) is 0 Å². The van der Waals surface area contributed by atoms with Crippen LogP contribution in [0.1, 0.15) is 85.0 Å². The topological polar surface area (TPSA) is 43.4 Å². The Bertz CT molecular complexity index is 635. The molecule has 0 bridgehead atoms. The molecule has 4 rings (SSSR count). The van der Waals surface area contributed by atoms with Crippen molar-refractivity contribution in [2.75, 3.05) is 0 Å². The lowest BCUT2D eigenvalue weighted by Gasteiger charge is -2.61. The highest BCUT2D eigenvalue weighted by molar-refractivity contribution is 5.91. The van der Waals surface area contributed by atoms with E-state index >= 15 is 0 Å². The molecular weight excluding hydrogens is 324 g/mol. The maximum Gasteiger partial charge on any atom is 0.305 e. The molecule has 26 heavy (non-hydrogen) atoms. The normalized spacial score (nSPS) is 45.0. The van der Waals surface area contributed by atoms with Gasteiger partial charge in [-0.3, -0.25) is 9.59 Å². The van der Waals surface area contributed by atoms with Crippen molar-refractivity contribution in [2.45, 2.75) is 91.1 Å². The molecule has 4 aliphatic rings. The molecule has 3 saturated carbocycles. The molecule has 0 aromatic carbocycles. The molecule has 4 aliphatic carbocycles. The van der Waals surface area contributed by atoms with Gasteiger partial charge in [-0.15, -0.1) is 0 Å². The second-order valence-electron chi connectivity index (χ2n) is 9.78. The molecule has 3 nitrogen and oxygen atoms in total. The van der Waals surface area contributed by atoms with Crippen LogP contribution in [-0.4, -0.2) is 17.9 Å². The fraction of sp³-hybridized carbons (Fsp3) is 0.826. The summed E-state index contributed by atoms with van der Waals surface area (Å²) >= 11 is 0. The first-order valence-electron chi connectivity index (χ1n) is 10.8. The molecule has 3 fully saturated rings. The highest BCUT2D eigenvalue weighted by atomic mass is 16.5. The summed E-state index contributed by atoms with van der Waals surface area (Å²) in [4.78, 5) is 23.9. The van der Waals surface area contributed by atoms with Crippen molar-refractivity contribution in [1.29, 1.82) is 0 Å². The lowest BCUT2D eigenvalue weighted by atomic mass is 9.44. The standard InChI is InChI=1S/C23H34O3/c1-4-21(25)26-20-7-5-6-18-17-9-8-15-14-16(24)10-12-22(15,2)19(17)11-13-23(18,20)3/h14,17-20H,4-13H2,1-3H3/t17-,18+,19-,20-,22-,23+/m1/s1. The maximum absolute atomic E-state index is 12.0. The fourth-order valence-electron chi connectivity index (χ4n) is 7.14. The van der Waals surface area contributed by atoms with E-state index in [1.165, 1.54) is 31.3 Å². The largest absolute Gasteiger partial charge is 0.462 e. The first kappa shape index (κ1) is 18.3. The number of ether oxygens (including phenoxy) is 1. The van der Waals surface area contributed by atoms with E-state index in [-0.39, 0.29) is 22.9 Å². The van der Waals surface area contributed by atoms with E-state index in [2.05, 4.69) is 13.8 Å². The quantitative estimate of drug-likeness (QED) is 0.635. The van der Waals surface area contributed by atoms with Crippen molar-refractivity contribution < 1.29 is 14.3 Å². The van der Waals surface area contributed by atoms with E-state index in [0.717, 1.165) is 38.0 Å². The van der Waals surface area contributed by atoms with Gasteiger partial charge in [-0.2, -0.15) is 0 Å². The minimum absolute atomic E-state index is 0.0365. The summed E-state index contributed by atoms with van der Waals surface area (Å²) < 4.78 is 5.94. The number of ketones is 1. The Kier molecular flexibility index (Phi) is 4.56. The van der Waals surface area contributed by atoms with E-state index < -0.39 is 0 Å². The van der Waals surface area contributed by atoms with Crippen LogP contribution in [-0.2, 0) is 14.3 Å². The Balaban J connectivity index is 1.61. The number of carbonyl (C=O) groups excluding carboxylic acids is 2. The molecule has 0 saturated heterocycles. The third-order valence-corrected chi connectivity index (χ3v) is 8.68. The number of hydrogen-bond acceptors (Lipinski definition) is 3.